The van der Waals surface area contributed by atoms with Gasteiger partial charge in [-0.05, 0) is 52.7 Å². The third-order valence-electron chi connectivity index (χ3n) is 5.12. The number of nitro benzene ring substituents is 1. The number of hydrogen-bond acceptors (Lipinski definition) is 7. The molecular weight excluding hydrogens is 450 g/mol. The van der Waals surface area contributed by atoms with Gasteiger partial charge in [0.1, 0.15) is 0 Å². The fourth-order valence-corrected chi connectivity index (χ4v) is 3.37. The Bertz CT molecular complexity index is 1440. The smallest absolute Gasteiger partial charge is 0.344 e. The van der Waals surface area contributed by atoms with Crippen LogP contribution in [-0.2, 0) is 0 Å². The highest BCUT2D eigenvalue weighted by Gasteiger charge is 2.15. The third kappa shape index (κ3) is 5.31. The Labute approximate surface area is 199 Å². The minimum Gasteiger partial charge on any atom is -0.493 e. The van der Waals surface area contributed by atoms with Crippen LogP contribution < -0.4 is 14.9 Å². The normalized spacial score (nSPS) is 10.8. The maximum absolute atomic E-state index is 12.8. The van der Waals surface area contributed by atoms with Gasteiger partial charge in [-0.2, -0.15) is 5.10 Å². The van der Waals surface area contributed by atoms with Crippen LogP contribution in [0.5, 0.6) is 11.5 Å². The van der Waals surface area contributed by atoms with E-state index in [1.165, 1.54) is 37.6 Å². The Morgan fingerprint density at radius 1 is 0.943 bits per heavy atom. The third-order valence-corrected chi connectivity index (χ3v) is 5.12. The summed E-state index contributed by atoms with van der Waals surface area (Å²) in [7, 11) is 1.45. The topological polar surface area (TPSA) is 120 Å². The molecule has 0 heterocycles. The molecule has 0 aliphatic carbocycles. The van der Waals surface area contributed by atoms with Crippen molar-refractivity contribution in [1.29, 1.82) is 0 Å². The van der Waals surface area contributed by atoms with Crippen LogP contribution >= 0.6 is 0 Å². The number of carbonyl (C=O) groups excluding carboxylic acids is 2. The van der Waals surface area contributed by atoms with Crippen LogP contribution in [0.1, 0.15) is 26.3 Å². The number of esters is 1. The van der Waals surface area contributed by atoms with Crippen molar-refractivity contribution >= 4 is 34.6 Å². The molecule has 0 atom stereocenters. The van der Waals surface area contributed by atoms with Gasteiger partial charge in [-0.15, -0.1) is 0 Å². The molecule has 1 N–H and O–H groups in total. The number of rotatable bonds is 7. The summed E-state index contributed by atoms with van der Waals surface area (Å²) in [6.07, 6.45) is 1.39. The minimum atomic E-state index is -0.545. The van der Waals surface area contributed by atoms with E-state index < -0.39 is 16.8 Å². The summed E-state index contributed by atoms with van der Waals surface area (Å²) in [6, 6.07) is 22.9. The van der Waals surface area contributed by atoms with E-state index in [-0.39, 0.29) is 17.0 Å². The molecule has 0 saturated carbocycles. The number of amides is 1. The molecule has 4 aromatic carbocycles. The number of hydrazone groups is 1. The number of nitrogens with one attached hydrogen (secondary N) is 1. The van der Waals surface area contributed by atoms with Gasteiger partial charge in [0.05, 0.1) is 23.8 Å². The van der Waals surface area contributed by atoms with E-state index in [1.54, 1.807) is 30.3 Å². The first kappa shape index (κ1) is 23.1. The zero-order chi connectivity index (χ0) is 24.8. The number of hydrogen-bond donors (Lipinski definition) is 1. The summed E-state index contributed by atoms with van der Waals surface area (Å²) in [5.41, 5.74) is 3.48. The summed E-state index contributed by atoms with van der Waals surface area (Å²) >= 11 is 0. The predicted octanol–water partition coefficient (Wildman–Crippen LogP) is 4.74. The second-order valence-electron chi connectivity index (χ2n) is 7.33. The predicted molar refractivity (Wildman–Crippen MR) is 130 cm³/mol. The second-order valence-corrected chi connectivity index (χ2v) is 7.33. The average Bonchev–Trinajstić information content (AvgIpc) is 2.89. The van der Waals surface area contributed by atoms with Gasteiger partial charge in [0.25, 0.3) is 11.6 Å². The molecule has 4 aromatic rings. The summed E-state index contributed by atoms with van der Waals surface area (Å²) in [5.74, 6) is -0.498. The van der Waals surface area contributed by atoms with E-state index in [0.717, 1.165) is 10.8 Å². The lowest BCUT2D eigenvalue weighted by atomic mass is 10.0. The SMILES string of the molecule is COc1cc(/C=N/NC(=O)c2ccc([N+](=O)[O-])cc2)ccc1OC(=O)c1cccc2ccccc12. The molecule has 0 unspecified atom stereocenters. The van der Waals surface area contributed by atoms with Gasteiger partial charge in [0, 0.05) is 17.7 Å². The molecule has 0 spiro atoms. The number of ether oxygens (including phenoxy) is 2. The van der Waals surface area contributed by atoms with E-state index in [1.807, 2.05) is 30.3 Å². The Balaban J connectivity index is 1.45. The van der Waals surface area contributed by atoms with Crippen molar-refractivity contribution in [3.8, 4) is 11.5 Å². The molecule has 0 aliphatic heterocycles. The number of nitro groups is 1. The fraction of sp³-hybridized carbons (Fsp3) is 0.0385. The maximum atomic E-state index is 12.8. The van der Waals surface area contributed by atoms with Gasteiger partial charge in [-0.1, -0.05) is 36.4 Å². The van der Waals surface area contributed by atoms with Gasteiger partial charge in [0.15, 0.2) is 11.5 Å². The van der Waals surface area contributed by atoms with Gasteiger partial charge in [0.2, 0.25) is 0 Å². The van der Waals surface area contributed by atoms with Crippen LogP contribution in [-0.4, -0.2) is 30.1 Å². The monoisotopic (exact) mass is 469 g/mol. The molecule has 0 aliphatic rings. The summed E-state index contributed by atoms with van der Waals surface area (Å²) < 4.78 is 10.9. The zero-order valence-corrected chi connectivity index (χ0v) is 18.5. The van der Waals surface area contributed by atoms with Crippen LogP contribution in [0.25, 0.3) is 10.8 Å². The zero-order valence-electron chi connectivity index (χ0n) is 18.5. The largest absolute Gasteiger partial charge is 0.493 e. The molecule has 0 aromatic heterocycles. The molecule has 0 fully saturated rings. The number of non-ortho nitro benzene ring substituents is 1. The number of fused-ring (bicyclic) bond motifs is 1. The number of methoxy groups -OCH3 is 1. The van der Waals surface area contributed by atoms with Crippen molar-refractivity contribution in [1.82, 2.24) is 5.43 Å². The van der Waals surface area contributed by atoms with E-state index in [2.05, 4.69) is 10.5 Å². The highest BCUT2D eigenvalue weighted by molar-refractivity contribution is 6.05. The van der Waals surface area contributed by atoms with Crippen LogP contribution in [0.2, 0.25) is 0 Å². The van der Waals surface area contributed by atoms with Gasteiger partial charge >= 0.3 is 5.97 Å². The standard InChI is InChI=1S/C26H19N3O6/c1-34-24-15-17(16-27-28-25(30)19-10-12-20(13-11-19)29(32)33)9-14-23(24)35-26(31)22-8-4-6-18-5-2-3-7-21(18)22/h2-16H,1H3,(H,28,30)/b27-16+. The van der Waals surface area contributed by atoms with Crippen LogP contribution in [0, 0.1) is 10.1 Å². The van der Waals surface area contributed by atoms with Gasteiger partial charge in [-0.3, -0.25) is 14.9 Å². The van der Waals surface area contributed by atoms with Crippen molar-refractivity contribution < 1.29 is 24.0 Å². The van der Waals surface area contributed by atoms with Crippen molar-refractivity contribution in [2.24, 2.45) is 5.10 Å². The number of carbonyl (C=O) groups is 2. The molecule has 174 valence electrons. The molecule has 9 heteroatoms. The van der Waals surface area contributed by atoms with Gasteiger partial charge < -0.3 is 9.47 Å². The van der Waals surface area contributed by atoms with Gasteiger partial charge in [-0.25, -0.2) is 10.2 Å². The minimum absolute atomic E-state index is 0.113. The van der Waals surface area contributed by atoms with E-state index in [4.69, 9.17) is 9.47 Å². The molecule has 0 bridgehead atoms. The maximum Gasteiger partial charge on any atom is 0.344 e. The Morgan fingerprint density at radius 3 is 2.43 bits per heavy atom. The lowest BCUT2D eigenvalue weighted by Crippen LogP contribution is -2.17. The van der Waals surface area contributed by atoms with Crippen molar-refractivity contribution in [3.63, 3.8) is 0 Å². The Morgan fingerprint density at radius 2 is 1.69 bits per heavy atom. The first-order chi connectivity index (χ1) is 17.0. The second kappa shape index (κ2) is 10.3. The molecule has 1 amide bonds. The van der Waals surface area contributed by atoms with E-state index in [9.17, 15) is 19.7 Å². The summed E-state index contributed by atoms with van der Waals surface area (Å²) in [4.78, 5) is 35.2. The highest BCUT2D eigenvalue weighted by Crippen LogP contribution is 2.29. The van der Waals surface area contributed by atoms with Crippen LogP contribution in [0.15, 0.2) is 90.0 Å². The first-order valence-electron chi connectivity index (χ1n) is 10.4. The molecule has 0 radical (unpaired) electrons. The Kier molecular flexibility index (Phi) is 6.78. The molecule has 4 rings (SSSR count). The van der Waals surface area contributed by atoms with Crippen molar-refractivity contribution in [2.45, 2.75) is 0 Å². The average molecular weight is 469 g/mol. The number of nitrogens with zero attached hydrogens (tertiary/aromatic N) is 2. The summed E-state index contributed by atoms with van der Waals surface area (Å²) in [6.45, 7) is 0. The molecule has 35 heavy (non-hydrogen) atoms. The molecular formula is C26H19N3O6. The van der Waals surface area contributed by atoms with Crippen molar-refractivity contribution in [3.05, 3.63) is 112 Å². The lowest BCUT2D eigenvalue weighted by Gasteiger charge is -2.11. The molecule has 0 saturated heterocycles. The lowest BCUT2D eigenvalue weighted by molar-refractivity contribution is -0.384. The van der Waals surface area contributed by atoms with Crippen LogP contribution in [0.3, 0.4) is 0 Å². The first-order valence-corrected chi connectivity index (χ1v) is 10.4. The molecule has 9 nitrogen and oxygen atoms in total. The Hall–Kier alpha value is -5.05. The van der Waals surface area contributed by atoms with Crippen molar-refractivity contribution in [2.75, 3.05) is 7.11 Å². The van der Waals surface area contributed by atoms with E-state index >= 15 is 0 Å². The quantitative estimate of drug-likeness (QED) is 0.137. The fourth-order valence-electron chi connectivity index (χ4n) is 3.37. The van der Waals surface area contributed by atoms with Crippen LogP contribution in [0.4, 0.5) is 5.69 Å². The highest BCUT2D eigenvalue weighted by atomic mass is 16.6. The summed E-state index contributed by atoms with van der Waals surface area (Å²) in [5, 5.41) is 16.3. The number of benzene rings is 4. The van der Waals surface area contributed by atoms with E-state index in [0.29, 0.717) is 16.9 Å².